The lowest BCUT2D eigenvalue weighted by Gasteiger charge is -2.27. The summed E-state index contributed by atoms with van der Waals surface area (Å²) in [6.45, 7) is 8.35. The highest BCUT2D eigenvalue weighted by Gasteiger charge is 2.33. The van der Waals surface area contributed by atoms with Gasteiger partial charge in [-0.25, -0.2) is 4.79 Å². The van der Waals surface area contributed by atoms with Gasteiger partial charge in [0.1, 0.15) is 11.6 Å². The van der Waals surface area contributed by atoms with Gasteiger partial charge in [0.25, 0.3) is 0 Å². The van der Waals surface area contributed by atoms with Gasteiger partial charge in [-0.05, 0) is 45.4 Å². The zero-order valence-corrected chi connectivity index (χ0v) is 22.1. The van der Waals surface area contributed by atoms with Crippen LogP contribution in [-0.2, 0) is 28.7 Å². The number of hydrogen-bond acceptors (Lipinski definition) is 6. The third kappa shape index (κ3) is 15.6. The number of ether oxygens (including phenoxy) is 1. The van der Waals surface area contributed by atoms with Gasteiger partial charge in [-0.15, -0.1) is 0 Å². The fourth-order valence-electron chi connectivity index (χ4n) is 3.12. The highest BCUT2D eigenvalue weighted by Crippen LogP contribution is 2.09. The molecule has 35 heavy (non-hydrogen) atoms. The first-order valence-electron chi connectivity index (χ1n) is 12.3. The van der Waals surface area contributed by atoms with Crippen molar-refractivity contribution in [3.63, 3.8) is 0 Å². The van der Waals surface area contributed by atoms with Crippen LogP contribution in [0, 0.1) is 5.92 Å². The SMILES string of the molecule is CCCCC/C=C\CCC(=O)NCC(=O)NCC(=O)N[C@@H](CC(C)C)C(=O)NC(C)(C)C(=O)OC. The Morgan fingerprint density at radius 1 is 0.886 bits per heavy atom. The van der Waals surface area contributed by atoms with E-state index in [9.17, 15) is 24.0 Å². The monoisotopic (exact) mass is 496 g/mol. The van der Waals surface area contributed by atoms with Crippen LogP contribution >= 0.6 is 0 Å². The molecule has 4 amide bonds. The van der Waals surface area contributed by atoms with Crippen molar-refractivity contribution in [2.45, 2.75) is 91.1 Å². The Labute approximate surface area is 209 Å². The molecule has 0 radical (unpaired) electrons. The second-order valence-corrected chi connectivity index (χ2v) is 9.41. The Hall–Kier alpha value is -2.91. The molecule has 0 aliphatic carbocycles. The van der Waals surface area contributed by atoms with Gasteiger partial charge >= 0.3 is 5.97 Å². The molecule has 0 spiro atoms. The first-order valence-corrected chi connectivity index (χ1v) is 12.3. The summed E-state index contributed by atoms with van der Waals surface area (Å²) in [5.41, 5.74) is -1.26. The summed E-state index contributed by atoms with van der Waals surface area (Å²) in [6, 6.07) is -0.891. The molecule has 0 fully saturated rings. The number of carbonyl (C=O) groups is 5. The molecule has 0 unspecified atom stereocenters. The van der Waals surface area contributed by atoms with Crippen molar-refractivity contribution in [1.29, 1.82) is 0 Å². The van der Waals surface area contributed by atoms with Crippen LogP contribution in [0.15, 0.2) is 12.2 Å². The van der Waals surface area contributed by atoms with E-state index in [4.69, 9.17) is 0 Å². The van der Waals surface area contributed by atoms with E-state index in [1.54, 1.807) is 0 Å². The molecule has 0 rings (SSSR count). The topological polar surface area (TPSA) is 143 Å². The van der Waals surface area contributed by atoms with Gasteiger partial charge < -0.3 is 26.0 Å². The van der Waals surface area contributed by atoms with Crippen molar-refractivity contribution in [3.05, 3.63) is 12.2 Å². The van der Waals surface area contributed by atoms with Crippen LogP contribution in [0.1, 0.15) is 79.6 Å². The predicted molar refractivity (Wildman–Crippen MR) is 134 cm³/mol. The van der Waals surface area contributed by atoms with Crippen LogP contribution in [0.5, 0.6) is 0 Å². The lowest BCUT2D eigenvalue weighted by atomic mass is 10.0. The number of esters is 1. The first kappa shape index (κ1) is 32.1. The minimum Gasteiger partial charge on any atom is -0.467 e. The van der Waals surface area contributed by atoms with Crippen molar-refractivity contribution < 1.29 is 28.7 Å². The van der Waals surface area contributed by atoms with E-state index >= 15 is 0 Å². The average Bonchev–Trinajstić information content (AvgIpc) is 2.79. The molecular formula is C25H44N4O6. The Bertz CT molecular complexity index is 733. The van der Waals surface area contributed by atoms with E-state index in [0.717, 1.165) is 12.8 Å². The summed E-state index contributed by atoms with van der Waals surface area (Å²) in [5.74, 6) is -2.37. The van der Waals surface area contributed by atoms with E-state index in [0.29, 0.717) is 12.8 Å². The summed E-state index contributed by atoms with van der Waals surface area (Å²) in [5, 5.41) is 10.1. The highest BCUT2D eigenvalue weighted by molar-refractivity contribution is 5.93. The third-order valence-corrected chi connectivity index (χ3v) is 5.06. The maximum Gasteiger partial charge on any atom is 0.330 e. The van der Waals surface area contributed by atoms with E-state index in [1.165, 1.54) is 33.8 Å². The zero-order valence-electron chi connectivity index (χ0n) is 22.1. The number of rotatable bonds is 17. The number of hydrogen-bond donors (Lipinski definition) is 4. The summed E-state index contributed by atoms with van der Waals surface area (Å²) in [7, 11) is 1.22. The smallest absolute Gasteiger partial charge is 0.330 e. The minimum atomic E-state index is -1.26. The average molecular weight is 497 g/mol. The molecule has 10 nitrogen and oxygen atoms in total. The normalized spacial score (nSPS) is 12.2. The van der Waals surface area contributed by atoms with Crippen molar-refractivity contribution >= 4 is 29.6 Å². The molecule has 0 bridgehead atoms. The van der Waals surface area contributed by atoms with Gasteiger partial charge in [0, 0.05) is 6.42 Å². The molecule has 0 heterocycles. The molecule has 0 aliphatic heterocycles. The Morgan fingerprint density at radius 2 is 1.49 bits per heavy atom. The van der Waals surface area contributed by atoms with E-state index in [2.05, 4.69) is 39.0 Å². The maximum atomic E-state index is 12.7. The number of carbonyl (C=O) groups excluding carboxylic acids is 5. The van der Waals surface area contributed by atoms with Crippen LogP contribution in [0.25, 0.3) is 0 Å². The van der Waals surface area contributed by atoms with Gasteiger partial charge in [-0.3, -0.25) is 19.2 Å². The van der Waals surface area contributed by atoms with Crippen molar-refractivity contribution in [2.75, 3.05) is 20.2 Å². The summed E-state index contributed by atoms with van der Waals surface area (Å²) < 4.78 is 4.69. The third-order valence-electron chi connectivity index (χ3n) is 5.06. The number of allylic oxidation sites excluding steroid dienone is 2. The molecule has 4 N–H and O–H groups in total. The minimum absolute atomic E-state index is 0.0864. The molecule has 0 aromatic rings. The zero-order chi connectivity index (χ0) is 26.9. The fourth-order valence-corrected chi connectivity index (χ4v) is 3.12. The number of nitrogens with one attached hydrogen (secondary N) is 4. The summed E-state index contributed by atoms with van der Waals surface area (Å²) >= 11 is 0. The Kier molecular flexibility index (Phi) is 16.1. The Morgan fingerprint density at radius 3 is 2.09 bits per heavy atom. The molecule has 0 aliphatic rings. The maximum absolute atomic E-state index is 12.7. The van der Waals surface area contributed by atoms with Crippen molar-refractivity contribution in [1.82, 2.24) is 21.3 Å². The number of methoxy groups -OCH3 is 1. The van der Waals surface area contributed by atoms with Crippen molar-refractivity contribution in [2.24, 2.45) is 5.92 Å². The molecule has 0 aromatic carbocycles. The number of unbranched alkanes of at least 4 members (excludes halogenated alkanes) is 3. The molecular weight excluding hydrogens is 452 g/mol. The lowest BCUT2D eigenvalue weighted by Crippen LogP contribution is -2.57. The van der Waals surface area contributed by atoms with Crippen molar-refractivity contribution in [3.8, 4) is 0 Å². The summed E-state index contributed by atoms with van der Waals surface area (Å²) in [4.78, 5) is 60.6. The standard InChI is InChI=1S/C25H44N4O6/c1-7-8-9-10-11-12-13-14-20(30)26-16-21(31)27-17-22(32)28-19(15-18(2)3)23(33)29-25(4,5)24(34)35-6/h11-12,18-19H,7-10,13-17H2,1-6H3,(H,26,30)(H,27,31)(H,28,32)(H,29,33)/b12-11-/t19-/m0/s1. The Balaban J connectivity index is 4.46. The van der Waals surface area contributed by atoms with Gasteiger partial charge in [0.15, 0.2) is 0 Å². The fraction of sp³-hybridized carbons (Fsp3) is 0.720. The first-order chi connectivity index (χ1) is 16.4. The van der Waals surface area contributed by atoms with Crippen LogP contribution in [-0.4, -0.2) is 61.4 Å². The quantitative estimate of drug-likeness (QED) is 0.137. The summed E-state index contributed by atoms with van der Waals surface area (Å²) in [6.07, 6.45) is 9.77. The largest absolute Gasteiger partial charge is 0.467 e. The van der Waals surface area contributed by atoms with E-state index < -0.39 is 35.3 Å². The van der Waals surface area contributed by atoms with Crippen LogP contribution in [0.3, 0.4) is 0 Å². The second kappa shape index (κ2) is 17.5. The molecule has 0 aromatic heterocycles. The van der Waals surface area contributed by atoms with Crippen LogP contribution < -0.4 is 21.3 Å². The van der Waals surface area contributed by atoms with Gasteiger partial charge in [-0.1, -0.05) is 45.8 Å². The van der Waals surface area contributed by atoms with Gasteiger partial charge in [-0.2, -0.15) is 0 Å². The van der Waals surface area contributed by atoms with Crippen LogP contribution in [0.2, 0.25) is 0 Å². The van der Waals surface area contributed by atoms with Gasteiger partial charge in [0.2, 0.25) is 23.6 Å². The molecule has 0 saturated heterocycles. The highest BCUT2D eigenvalue weighted by atomic mass is 16.5. The number of amides is 4. The molecule has 0 saturated carbocycles. The van der Waals surface area contributed by atoms with E-state index in [1.807, 2.05) is 19.9 Å². The lowest BCUT2D eigenvalue weighted by molar-refractivity contribution is -0.149. The van der Waals surface area contributed by atoms with E-state index in [-0.39, 0.29) is 31.3 Å². The molecule has 10 heteroatoms. The second-order valence-electron chi connectivity index (χ2n) is 9.41. The predicted octanol–water partition coefficient (Wildman–Crippen LogP) is 1.73. The van der Waals surface area contributed by atoms with Gasteiger partial charge in [0.05, 0.1) is 20.2 Å². The molecule has 200 valence electrons. The molecule has 1 atom stereocenters. The van der Waals surface area contributed by atoms with Crippen LogP contribution in [0.4, 0.5) is 0 Å².